The molecule has 0 N–H and O–H groups in total. The van der Waals surface area contributed by atoms with Crippen molar-refractivity contribution >= 4 is 5.97 Å². The molecule has 0 bridgehead atoms. The van der Waals surface area contributed by atoms with Gasteiger partial charge in [0.05, 0.1) is 7.11 Å². The Balaban J connectivity index is 1.73. The zero-order valence-corrected chi connectivity index (χ0v) is 28.7. The molecular weight excluding hydrogens is 504 g/mol. The summed E-state index contributed by atoms with van der Waals surface area (Å²) in [6.45, 7) is 2.45. The van der Waals surface area contributed by atoms with Crippen LogP contribution >= 0.6 is 0 Å². The average molecular weight is 579 g/mol. The van der Waals surface area contributed by atoms with Crippen LogP contribution in [0.1, 0.15) is 167 Å². The first kappa shape index (κ1) is 38.4. The number of unbranched alkanes of at least 4 members (excludes halogenated alkanes) is 19. The fraction of sp³-hybridized carbons (Fsp3) is 0.973. The summed E-state index contributed by atoms with van der Waals surface area (Å²) in [4.78, 5) is 15.8. The minimum atomic E-state index is -0.0562. The first-order valence-electron chi connectivity index (χ1n) is 18.3. The second-order valence-electron chi connectivity index (χ2n) is 14.3. The summed E-state index contributed by atoms with van der Waals surface area (Å²) in [6.07, 6.45) is 36.0. The predicted molar refractivity (Wildman–Crippen MR) is 180 cm³/mol. The van der Waals surface area contributed by atoms with Gasteiger partial charge < -0.3 is 14.5 Å². The molecule has 0 aliphatic heterocycles. The van der Waals surface area contributed by atoms with Crippen molar-refractivity contribution in [2.24, 2.45) is 17.8 Å². The second-order valence-corrected chi connectivity index (χ2v) is 14.3. The standard InChI is InChI=1S/C37H74N2O2/c1-38(2)32-34(33-39(3)4)27-23-19-16-14-12-10-8-6-7-9-11-13-15-17-20-24-28-35-31-36(35)29-25-21-18-22-26-30-37(40)41-5/h34-36H,6-33H2,1-5H3. The fourth-order valence-corrected chi connectivity index (χ4v) is 6.91. The van der Waals surface area contributed by atoms with Gasteiger partial charge in [0.1, 0.15) is 0 Å². The SMILES string of the molecule is COC(=O)CCCCCCCC1CC1CCCCCCCCCCCCCCCCCCC(CN(C)C)CN(C)C. The number of ether oxygens (including phenoxy) is 1. The van der Waals surface area contributed by atoms with Crippen LogP contribution in [0, 0.1) is 17.8 Å². The van der Waals surface area contributed by atoms with Crippen molar-refractivity contribution in [3.8, 4) is 0 Å². The quantitative estimate of drug-likeness (QED) is 0.0605. The van der Waals surface area contributed by atoms with Crippen LogP contribution in [-0.4, -0.2) is 64.2 Å². The van der Waals surface area contributed by atoms with Crippen LogP contribution < -0.4 is 0 Å². The topological polar surface area (TPSA) is 32.8 Å². The molecule has 2 unspecified atom stereocenters. The molecule has 244 valence electrons. The van der Waals surface area contributed by atoms with Crippen molar-refractivity contribution in [2.75, 3.05) is 48.4 Å². The third-order valence-electron chi connectivity index (χ3n) is 9.44. The van der Waals surface area contributed by atoms with Gasteiger partial charge in [0.25, 0.3) is 0 Å². The monoisotopic (exact) mass is 579 g/mol. The van der Waals surface area contributed by atoms with Crippen LogP contribution in [0.4, 0.5) is 0 Å². The predicted octanol–water partition coefficient (Wildman–Crippen LogP) is 10.3. The maximum absolute atomic E-state index is 11.1. The lowest BCUT2D eigenvalue weighted by molar-refractivity contribution is -0.140. The summed E-state index contributed by atoms with van der Waals surface area (Å²) in [5.41, 5.74) is 0. The van der Waals surface area contributed by atoms with E-state index in [1.54, 1.807) is 0 Å². The van der Waals surface area contributed by atoms with Gasteiger partial charge in [0, 0.05) is 19.5 Å². The number of hydrogen-bond acceptors (Lipinski definition) is 4. The minimum absolute atomic E-state index is 0.0562. The molecule has 0 saturated heterocycles. The van der Waals surface area contributed by atoms with Crippen molar-refractivity contribution in [3.63, 3.8) is 0 Å². The molecule has 1 aliphatic rings. The van der Waals surface area contributed by atoms with Gasteiger partial charge in [-0.05, 0) is 65.2 Å². The Morgan fingerprint density at radius 1 is 0.561 bits per heavy atom. The lowest BCUT2D eigenvalue weighted by Crippen LogP contribution is -2.30. The summed E-state index contributed by atoms with van der Waals surface area (Å²) < 4.78 is 4.70. The average Bonchev–Trinajstić information content (AvgIpc) is 3.68. The van der Waals surface area contributed by atoms with E-state index in [4.69, 9.17) is 4.74 Å². The van der Waals surface area contributed by atoms with Gasteiger partial charge in [-0.25, -0.2) is 0 Å². The number of methoxy groups -OCH3 is 1. The molecule has 4 heteroatoms. The summed E-state index contributed by atoms with van der Waals surface area (Å²) in [5, 5.41) is 0. The van der Waals surface area contributed by atoms with Gasteiger partial charge in [-0.2, -0.15) is 0 Å². The maximum Gasteiger partial charge on any atom is 0.305 e. The van der Waals surface area contributed by atoms with Crippen molar-refractivity contribution in [3.05, 3.63) is 0 Å². The number of nitrogens with zero attached hydrogens (tertiary/aromatic N) is 2. The molecule has 1 rings (SSSR count). The third-order valence-corrected chi connectivity index (χ3v) is 9.44. The van der Waals surface area contributed by atoms with E-state index in [0.29, 0.717) is 6.42 Å². The van der Waals surface area contributed by atoms with Gasteiger partial charge in [-0.1, -0.05) is 141 Å². The van der Waals surface area contributed by atoms with Crippen molar-refractivity contribution in [2.45, 2.75) is 167 Å². The van der Waals surface area contributed by atoms with Crippen LogP contribution in [0.15, 0.2) is 0 Å². The lowest BCUT2D eigenvalue weighted by Gasteiger charge is -2.24. The van der Waals surface area contributed by atoms with Crippen molar-refractivity contribution < 1.29 is 9.53 Å². The van der Waals surface area contributed by atoms with Gasteiger partial charge in [0.2, 0.25) is 0 Å². The Hall–Kier alpha value is -0.610. The molecule has 0 spiro atoms. The van der Waals surface area contributed by atoms with Crippen molar-refractivity contribution in [1.29, 1.82) is 0 Å². The van der Waals surface area contributed by atoms with E-state index in [1.165, 1.54) is 174 Å². The van der Waals surface area contributed by atoms with E-state index in [2.05, 4.69) is 38.0 Å². The maximum atomic E-state index is 11.1. The minimum Gasteiger partial charge on any atom is -0.469 e. The highest BCUT2D eigenvalue weighted by Crippen LogP contribution is 2.45. The third kappa shape index (κ3) is 25.6. The van der Waals surface area contributed by atoms with Crippen LogP contribution in [-0.2, 0) is 9.53 Å². The summed E-state index contributed by atoms with van der Waals surface area (Å²) in [7, 11) is 10.3. The molecule has 2 atom stereocenters. The molecule has 0 heterocycles. The van der Waals surface area contributed by atoms with Gasteiger partial charge in [0.15, 0.2) is 0 Å². The molecule has 0 aromatic carbocycles. The number of rotatable bonds is 31. The number of hydrogen-bond donors (Lipinski definition) is 0. The first-order valence-corrected chi connectivity index (χ1v) is 18.3. The Morgan fingerprint density at radius 3 is 1.27 bits per heavy atom. The molecule has 1 aliphatic carbocycles. The van der Waals surface area contributed by atoms with Crippen LogP contribution in [0.2, 0.25) is 0 Å². The van der Waals surface area contributed by atoms with E-state index >= 15 is 0 Å². The highest BCUT2D eigenvalue weighted by Gasteiger charge is 2.35. The van der Waals surface area contributed by atoms with Crippen LogP contribution in [0.3, 0.4) is 0 Å². The molecular formula is C37H74N2O2. The number of esters is 1. The molecule has 1 saturated carbocycles. The highest BCUT2D eigenvalue weighted by molar-refractivity contribution is 5.68. The van der Waals surface area contributed by atoms with Crippen LogP contribution in [0.5, 0.6) is 0 Å². The van der Waals surface area contributed by atoms with Gasteiger partial charge >= 0.3 is 5.97 Å². The Labute approximate surface area is 258 Å². The van der Waals surface area contributed by atoms with Gasteiger partial charge in [-0.3, -0.25) is 4.79 Å². The second kappa shape index (κ2) is 27.0. The molecule has 0 aromatic heterocycles. The summed E-state index contributed by atoms with van der Waals surface area (Å²) in [5.74, 6) is 2.88. The molecule has 0 amide bonds. The molecule has 0 radical (unpaired) electrons. The lowest BCUT2D eigenvalue weighted by atomic mass is 9.99. The highest BCUT2D eigenvalue weighted by atomic mass is 16.5. The van der Waals surface area contributed by atoms with E-state index < -0.39 is 0 Å². The Kier molecular flexibility index (Phi) is 25.3. The zero-order valence-electron chi connectivity index (χ0n) is 28.7. The first-order chi connectivity index (χ1) is 19.9. The summed E-state index contributed by atoms with van der Waals surface area (Å²) >= 11 is 0. The van der Waals surface area contributed by atoms with Crippen molar-refractivity contribution in [1.82, 2.24) is 9.80 Å². The smallest absolute Gasteiger partial charge is 0.305 e. The van der Waals surface area contributed by atoms with E-state index in [1.807, 2.05) is 0 Å². The normalized spacial score (nSPS) is 16.8. The molecule has 1 fully saturated rings. The Morgan fingerprint density at radius 2 is 0.902 bits per heavy atom. The van der Waals surface area contributed by atoms with E-state index in [9.17, 15) is 4.79 Å². The fourth-order valence-electron chi connectivity index (χ4n) is 6.91. The van der Waals surface area contributed by atoms with E-state index in [-0.39, 0.29) is 5.97 Å². The molecule has 0 aromatic rings. The Bertz CT molecular complexity index is 569. The largest absolute Gasteiger partial charge is 0.469 e. The molecule has 41 heavy (non-hydrogen) atoms. The zero-order chi connectivity index (χ0) is 30.0. The molecule has 4 nitrogen and oxygen atoms in total. The summed E-state index contributed by atoms with van der Waals surface area (Å²) in [6, 6.07) is 0. The van der Waals surface area contributed by atoms with Gasteiger partial charge in [-0.15, -0.1) is 0 Å². The van der Waals surface area contributed by atoms with Crippen LogP contribution in [0.25, 0.3) is 0 Å². The number of carbonyl (C=O) groups is 1. The number of carbonyl (C=O) groups excluding carboxylic acids is 1. The van der Waals surface area contributed by atoms with E-state index in [0.717, 1.165) is 24.2 Å².